The predicted octanol–water partition coefficient (Wildman–Crippen LogP) is 3.78. The summed E-state index contributed by atoms with van der Waals surface area (Å²) < 4.78 is 1.89. The first-order valence-corrected chi connectivity index (χ1v) is 4.62. The van der Waals surface area contributed by atoms with Crippen molar-refractivity contribution in [2.75, 3.05) is 0 Å². The van der Waals surface area contributed by atoms with Crippen molar-refractivity contribution in [3.05, 3.63) is 52.8 Å². The van der Waals surface area contributed by atoms with Crippen molar-refractivity contribution < 1.29 is 0 Å². The summed E-state index contributed by atoms with van der Waals surface area (Å²) in [5, 5.41) is 1.31. The lowest BCUT2D eigenvalue weighted by Crippen LogP contribution is -1.91. The molecule has 0 unspecified atom stereocenters. The number of hydrogen-bond acceptors (Lipinski definition) is 0. The van der Waals surface area contributed by atoms with Gasteiger partial charge in [-0.2, -0.15) is 0 Å². The van der Waals surface area contributed by atoms with Gasteiger partial charge in [-0.25, -0.2) is 0 Å². The van der Waals surface area contributed by atoms with Gasteiger partial charge in [0.25, 0.3) is 0 Å². The molecule has 0 aliphatic carbocycles. The van der Waals surface area contributed by atoms with E-state index in [-0.39, 0.29) is 0 Å². The number of para-hydroxylation sites is 1. The Hall–Kier alpha value is -0.920. The highest BCUT2D eigenvalue weighted by atomic mass is 35.5. The topological polar surface area (TPSA) is 4.93 Å². The van der Waals surface area contributed by atoms with Gasteiger partial charge >= 0.3 is 0 Å². The molecule has 0 aliphatic rings. The highest BCUT2D eigenvalue weighted by Gasteiger charge is 2.05. The maximum atomic E-state index is 6.02. The average molecular weight is 212 g/mol. The molecular formula is C10H7Cl2N. The quantitative estimate of drug-likeness (QED) is 0.677. The number of benzene rings is 1. The predicted molar refractivity (Wildman–Crippen MR) is 55.8 cm³/mol. The second-order valence-corrected chi connectivity index (χ2v) is 3.47. The van der Waals surface area contributed by atoms with Gasteiger partial charge in [0.2, 0.25) is 0 Å². The van der Waals surface area contributed by atoms with E-state index in [2.05, 4.69) is 0 Å². The standard InChI is InChI=1S/C10H7Cl2N/c11-8-4-3-5-9(12)10(8)13-6-1-2-7-13/h1-7H. The second-order valence-electron chi connectivity index (χ2n) is 2.66. The minimum Gasteiger partial charge on any atom is -0.321 e. The van der Waals surface area contributed by atoms with Crippen LogP contribution in [-0.2, 0) is 0 Å². The summed E-state index contributed by atoms with van der Waals surface area (Å²) in [6.07, 6.45) is 3.82. The molecule has 1 nitrogen and oxygen atoms in total. The van der Waals surface area contributed by atoms with Crippen LogP contribution in [0.5, 0.6) is 0 Å². The second kappa shape index (κ2) is 3.44. The van der Waals surface area contributed by atoms with E-state index >= 15 is 0 Å². The third-order valence-electron chi connectivity index (χ3n) is 1.80. The summed E-state index contributed by atoms with van der Waals surface area (Å²) in [6, 6.07) is 9.34. The van der Waals surface area contributed by atoms with Crippen LogP contribution in [0, 0.1) is 0 Å². The molecule has 2 rings (SSSR count). The molecular weight excluding hydrogens is 205 g/mol. The third-order valence-corrected chi connectivity index (χ3v) is 2.41. The van der Waals surface area contributed by atoms with Crippen LogP contribution in [0.1, 0.15) is 0 Å². The van der Waals surface area contributed by atoms with Crippen LogP contribution < -0.4 is 0 Å². The zero-order valence-corrected chi connectivity index (χ0v) is 8.26. The van der Waals surface area contributed by atoms with E-state index in [4.69, 9.17) is 23.2 Å². The van der Waals surface area contributed by atoms with Crippen molar-refractivity contribution in [2.45, 2.75) is 0 Å². The number of halogens is 2. The fraction of sp³-hybridized carbons (Fsp3) is 0. The average Bonchev–Trinajstić information content (AvgIpc) is 2.57. The van der Waals surface area contributed by atoms with Crippen molar-refractivity contribution in [3.8, 4) is 5.69 Å². The first kappa shape index (κ1) is 8.67. The summed E-state index contributed by atoms with van der Waals surface area (Å²) in [5.74, 6) is 0. The van der Waals surface area contributed by atoms with E-state index in [0.29, 0.717) is 10.0 Å². The van der Waals surface area contributed by atoms with Gasteiger partial charge in [0.05, 0.1) is 15.7 Å². The molecule has 3 heteroatoms. The smallest absolute Gasteiger partial charge is 0.0825 e. The molecule has 0 spiro atoms. The molecule has 1 heterocycles. The third kappa shape index (κ3) is 1.58. The van der Waals surface area contributed by atoms with Crippen molar-refractivity contribution in [1.29, 1.82) is 0 Å². The molecule has 0 fully saturated rings. The summed E-state index contributed by atoms with van der Waals surface area (Å²) in [7, 11) is 0. The monoisotopic (exact) mass is 211 g/mol. The Balaban J connectivity index is 2.64. The Morgan fingerprint density at radius 2 is 1.38 bits per heavy atom. The van der Waals surface area contributed by atoms with Crippen LogP contribution in [0.15, 0.2) is 42.7 Å². The van der Waals surface area contributed by atoms with E-state index in [1.807, 2.05) is 47.3 Å². The van der Waals surface area contributed by atoms with Gasteiger partial charge in [-0.3, -0.25) is 0 Å². The normalized spacial score (nSPS) is 10.3. The summed E-state index contributed by atoms with van der Waals surface area (Å²) >= 11 is 12.0. The van der Waals surface area contributed by atoms with E-state index in [0.717, 1.165) is 5.69 Å². The highest BCUT2D eigenvalue weighted by Crippen LogP contribution is 2.27. The van der Waals surface area contributed by atoms with Crippen molar-refractivity contribution in [1.82, 2.24) is 4.57 Å². The zero-order valence-electron chi connectivity index (χ0n) is 6.74. The first-order chi connectivity index (χ1) is 6.29. The fourth-order valence-electron chi connectivity index (χ4n) is 1.22. The summed E-state index contributed by atoms with van der Waals surface area (Å²) in [4.78, 5) is 0. The lowest BCUT2D eigenvalue weighted by Gasteiger charge is -2.07. The van der Waals surface area contributed by atoms with Crippen LogP contribution in [0.25, 0.3) is 5.69 Å². The van der Waals surface area contributed by atoms with Gasteiger partial charge in [-0.15, -0.1) is 0 Å². The van der Waals surface area contributed by atoms with E-state index in [1.165, 1.54) is 0 Å². The molecule has 13 heavy (non-hydrogen) atoms. The Morgan fingerprint density at radius 3 is 1.92 bits per heavy atom. The molecule has 66 valence electrons. The molecule has 2 aromatic rings. The molecule has 0 saturated heterocycles. The first-order valence-electron chi connectivity index (χ1n) is 3.86. The summed E-state index contributed by atoms with van der Waals surface area (Å²) in [6.45, 7) is 0. The van der Waals surface area contributed by atoms with Gasteiger partial charge in [-0.1, -0.05) is 29.3 Å². The van der Waals surface area contributed by atoms with Gasteiger partial charge in [0, 0.05) is 12.4 Å². The van der Waals surface area contributed by atoms with Crippen molar-refractivity contribution in [2.24, 2.45) is 0 Å². The van der Waals surface area contributed by atoms with E-state index in [9.17, 15) is 0 Å². The lowest BCUT2D eigenvalue weighted by atomic mass is 10.3. The molecule has 0 amide bonds. The van der Waals surface area contributed by atoms with Crippen molar-refractivity contribution in [3.63, 3.8) is 0 Å². The molecule has 0 radical (unpaired) electrons. The number of rotatable bonds is 1. The molecule has 1 aromatic heterocycles. The van der Waals surface area contributed by atoms with Crippen LogP contribution in [0.3, 0.4) is 0 Å². The molecule has 0 saturated carbocycles. The number of nitrogens with zero attached hydrogens (tertiary/aromatic N) is 1. The largest absolute Gasteiger partial charge is 0.321 e. The highest BCUT2D eigenvalue weighted by molar-refractivity contribution is 6.37. The van der Waals surface area contributed by atoms with Crippen LogP contribution in [0.4, 0.5) is 0 Å². The van der Waals surface area contributed by atoms with Gasteiger partial charge in [0.15, 0.2) is 0 Å². The Bertz CT molecular complexity index is 387. The Morgan fingerprint density at radius 1 is 0.846 bits per heavy atom. The molecule has 0 bridgehead atoms. The van der Waals surface area contributed by atoms with Gasteiger partial charge in [0.1, 0.15) is 0 Å². The van der Waals surface area contributed by atoms with Crippen LogP contribution in [0.2, 0.25) is 10.0 Å². The van der Waals surface area contributed by atoms with Gasteiger partial charge in [-0.05, 0) is 24.3 Å². The molecule has 0 aliphatic heterocycles. The SMILES string of the molecule is Clc1cccc(Cl)c1-n1cccc1. The molecule has 1 aromatic carbocycles. The lowest BCUT2D eigenvalue weighted by molar-refractivity contribution is 1.08. The van der Waals surface area contributed by atoms with Gasteiger partial charge < -0.3 is 4.57 Å². The zero-order chi connectivity index (χ0) is 9.26. The summed E-state index contributed by atoms with van der Waals surface area (Å²) in [5.41, 5.74) is 0.829. The fourth-order valence-corrected chi connectivity index (χ4v) is 1.81. The molecule has 0 atom stereocenters. The van der Waals surface area contributed by atoms with Crippen LogP contribution in [-0.4, -0.2) is 4.57 Å². The maximum absolute atomic E-state index is 6.02. The maximum Gasteiger partial charge on any atom is 0.0825 e. The number of hydrogen-bond donors (Lipinski definition) is 0. The van der Waals surface area contributed by atoms with Crippen molar-refractivity contribution >= 4 is 23.2 Å². The van der Waals surface area contributed by atoms with E-state index in [1.54, 1.807) is 0 Å². The minimum absolute atomic E-state index is 0.656. The Kier molecular flexibility index (Phi) is 2.30. The van der Waals surface area contributed by atoms with E-state index < -0.39 is 0 Å². The van der Waals surface area contributed by atoms with Crippen LogP contribution >= 0.6 is 23.2 Å². The molecule has 0 N–H and O–H groups in total. The minimum atomic E-state index is 0.656. The number of aromatic nitrogens is 1. The Labute approximate surface area is 86.5 Å².